The zero-order valence-electron chi connectivity index (χ0n) is 17.1. The molecule has 1 amide bonds. The quantitative estimate of drug-likeness (QED) is 0.654. The lowest BCUT2D eigenvalue weighted by Gasteiger charge is -2.19. The average Bonchev–Trinajstić information content (AvgIpc) is 2.72. The van der Waals surface area contributed by atoms with Crippen molar-refractivity contribution in [3.63, 3.8) is 0 Å². The maximum absolute atomic E-state index is 12.3. The fourth-order valence-corrected chi connectivity index (χ4v) is 2.93. The van der Waals surface area contributed by atoms with Crippen molar-refractivity contribution >= 4 is 5.91 Å². The molecule has 0 unspecified atom stereocenters. The van der Waals surface area contributed by atoms with Crippen LogP contribution < -0.4 is 10.9 Å². The molecule has 29 heavy (non-hydrogen) atoms. The third kappa shape index (κ3) is 5.38. The summed E-state index contributed by atoms with van der Waals surface area (Å²) in [5, 5.41) is 7.30. The minimum Gasteiger partial charge on any atom is -0.352 e. The molecule has 3 rings (SSSR count). The number of hydrogen-bond donors (Lipinski definition) is 1. The van der Waals surface area contributed by atoms with Crippen LogP contribution in [0.5, 0.6) is 0 Å². The van der Waals surface area contributed by atoms with Crippen molar-refractivity contribution in [1.29, 1.82) is 0 Å². The number of nitrogens with zero attached hydrogens (tertiary/aromatic N) is 3. The molecule has 0 aliphatic carbocycles. The number of benzene rings is 1. The highest BCUT2D eigenvalue weighted by Crippen LogP contribution is 2.22. The summed E-state index contributed by atoms with van der Waals surface area (Å²) in [5.74, 6) is -0.116. The van der Waals surface area contributed by atoms with E-state index in [1.54, 1.807) is 18.5 Å². The monoisotopic (exact) mass is 390 g/mol. The number of aryl methyl sites for hydroxylation is 1. The first-order valence-corrected chi connectivity index (χ1v) is 9.72. The highest BCUT2D eigenvalue weighted by molar-refractivity contribution is 5.94. The standard InChI is InChI=1S/C23H26N4O2/c1-23(2,3)19-9-7-17(8-10-19)22(29)25-14-5-15-27-21(28)12-11-20(26-27)18-6-4-13-24-16-18/h4,6-13,16H,5,14-15H2,1-3H3,(H,25,29). The lowest BCUT2D eigenvalue weighted by Crippen LogP contribution is -2.28. The van der Waals surface area contributed by atoms with Crippen LogP contribution in [0.4, 0.5) is 0 Å². The molecule has 2 heterocycles. The Balaban J connectivity index is 1.55. The predicted octanol–water partition coefficient (Wildman–Crippen LogP) is 3.42. The third-order valence-corrected chi connectivity index (χ3v) is 4.67. The van der Waals surface area contributed by atoms with Crippen LogP contribution >= 0.6 is 0 Å². The summed E-state index contributed by atoms with van der Waals surface area (Å²) in [6.45, 7) is 7.31. The normalized spacial score (nSPS) is 11.3. The van der Waals surface area contributed by atoms with Gasteiger partial charge in [-0.05, 0) is 47.7 Å². The Bertz CT molecular complexity index is 1020. The number of aromatic nitrogens is 3. The van der Waals surface area contributed by atoms with E-state index in [1.807, 2.05) is 36.4 Å². The Morgan fingerprint density at radius 1 is 1.07 bits per heavy atom. The number of rotatable bonds is 6. The van der Waals surface area contributed by atoms with E-state index < -0.39 is 0 Å². The van der Waals surface area contributed by atoms with Gasteiger partial charge in [-0.1, -0.05) is 32.9 Å². The van der Waals surface area contributed by atoms with Gasteiger partial charge in [-0.3, -0.25) is 14.6 Å². The summed E-state index contributed by atoms with van der Waals surface area (Å²) in [6.07, 6.45) is 4.01. The van der Waals surface area contributed by atoms with E-state index in [2.05, 4.69) is 36.2 Å². The summed E-state index contributed by atoms with van der Waals surface area (Å²) in [4.78, 5) is 28.5. The lowest BCUT2D eigenvalue weighted by atomic mass is 9.87. The summed E-state index contributed by atoms with van der Waals surface area (Å²) in [5.41, 5.74) is 3.26. The van der Waals surface area contributed by atoms with Gasteiger partial charge < -0.3 is 5.32 Å². The van der Waals surface area contributed by atoms with Crippen molar-refractivity contribution in [3.8, 4) is 11.3 Å². The molecule has 3 aromatic rings. The minimum atomic E-state index is -0.165. The molecule has 6 heteroatoms. The van der Waals surface area contributed by atoms with Gasteiger partial charge in [-0.15, -0.1) is 0 Å². The Kier molecular flexibility index (Phi) is 6.22. The highest BCUT2D eigenvalue weighted by Gasteiger charge is 2.14. The predicted molar refractivity (Wildman–Crippen MR) is 114 cm³/mol. The number of amides is 1. The second-order valence-corrected chi connectivity index (χ2v) is 7.96. The van der Waals surface area contributed by atoms with Crippen LogP contribution in [0.3, 0.4) is 0 Å². The van der Waals surface area contributed by atoms with E-state index in [1.165, 1.54) is 16.3 Å². The van der Waals surface area contributed by atoms with Gasteiger partial charge in [0.05, 0.1) is 5.69 Å². The second kappa shape index (κ2) is 8.82. The molecule has 0 fully saturated rings. The maximum atomic E-state index is 12.3. The van der Waals surface area contributed by atoms with Gasteiger partial charge >= 0.3 is 0 Å². The van der Waals surface area contributed by atoms with Crippen LogP contribution in [0.25, 0.3) is 11.3 Å². The molecule has 0 aliphatic heterocycles. The molecule has 0 radical (unpaired) electrons. The van der Waals surface area contributed by atoms with E-state index >= 15 is 0 Å². The number of carbonyl (C=O) groups is 1. The van der Waals surface area contributed by atoms with Crippen molar-refractivity contribution in [2.45, 2.75) is 39.2 Å². The number of nitrogens with one attached hydrogen (secondary N) is 1. The minimum absolute atomic E-state index is 0.0552. The number of carbonyl (C=O) groups excluding carboxylic acids is 1. The van der Waals surface area contributed by atoms with Crippen LogP contribution in [-0.4, -0.2) is 27.2 Å². The van der Waals surface area contributed by atoms with E-state index in [0.717, 1.165) is 5.56 Å². The topological polar surface area (TPSA) is 76.9 Å². The average molecular weight is 390 g/mol. The van der Waals surface area contributed by atoms with Crippen LogP contribution in [0, 0.1) is 0 Å². The summed E-state index contributed by atoms with van der Waals surface area (Å²) < 4.78 is 1.42. The Hall–Kier alpha value is -3.28. The van der Waals surface area contributed by atoms with Crippen molar-refractivity contribution < 1.29 is 4.79 Å². The molecule has 1 aromatic carbocycles. The van der Waals surface area contributed by atoms with Crippen molar-refractivity contribution in [2.24, 2.45) is 0 Å². The van der Waals surface area contributed by atoms with Gasteiger partial charge in [0, 0.05) is 42.7 Å². The second-order valence-electron chi connectivity index (χ2n) is 7.96. The van der Waals surface area contributed by atoms with Gasteiger partial charge in [0.25, 0.3) is 11.5 Å². The molecule has 150 valence electrons. The van der Waals surface area contributed by atoms with Crippen LogP contribution in [-0.2, 0) is 12.0 Å². The van der Waals surface area contributed by atoms with Crippen LogP contribution in [0.2, 0.25) is 0 Å². The first-order chi connectivity index (χ1) is 13.8. The van der Waals surface area contributed by atoms with Crippen LogP contribution in [0.15, 0.2) is 65.7 Å². The molecular weight excluding hydrogens is 364 g/mol. The first-order valence-electron chi connectivity index (χ1n) is 9.72. The van der Waals surface area contributed by atoms with Gasteiger partial charge in [0.15, 0.2) is 0 Å². The molecule has 0 atom stereocenters. The van der Waals surface area contributed by atoms with Gasteiger partial charge in [-0.25, -0.2) is 4.68 Å². The van der Waals surface area contributed by atoms with E-state index in [0.29, 0.717) is 30.8 Å². The van der Waals surface area contributed by atoms with Crippen LogP contribution in [0.1, 0.15) is 43.1 Å². The largest absolute Gasteiger partial charge is 0.352 e. The zero-order chi connectivity index (χ0) is 20.9. The molecule has 2 aromatic heterocycles. The SMILES string of the molecule is CC(C)(C)c1ccc(C(=O)NCCCn2nc(-c3cccnc3)ccc2=O)cc1. The van der Waals surface area contributed by atoms with Gasteiger partial charge in [0.1, 0.15) is 0 Å². The third-order valence-electron chi connectivity index (χ3n) is 4.67. The Labute approximate surface area is 170 Å². The van der Waals surface area contributed by atoms with Crippen molar-refractivity contribution in [2.75, 3.05) is 6.54 Å². The highest BCUT2D eigenvalue weighted by atomic mass is 16.1. The molecule has 0 saturated heterocycles. The summed E-state index contributed by atoms with van der Waals surface area (Å²) in [7, 11) is 0. The Morgan fingerprint density at radius 3 is 2.48 bits per heavy atom. The summed E-state index contributed by atoms with van der Waals surface area (Å²) in [6, 6.07) is 14.6. The molecule has 6 nitrogen and oxygen atoms in total. The molecule has 0 saturated carbocycles. The molecule has 1 N–H and O–H groups in total. The lowest BCUT2D eigenvalue weighted by molar-refractivity contribution is 0.0952. The first kappa shape index (κ1) is 20.5. The molecule has 0 aliphatic rings. The summed E-state index contributed by atoms with van der Waals surface area (Å²) >= 11 is 0. The van der Waals surface area contributed by atoms with E-state index in [4.69, 9.17) is 0 Å². The van der Waals surface area contributed by atoms with E-state index in [-0.39, 0.29) is 16.9 Å². The maximum Gasteiger partial charge on any atom is 0.266 e. The molecular formula is C23H26N4O2. The zero-order valence-corrected chi connectivity index (χ0v) is 17.1. The molecule has 0 spiro atoms. The van der Waals surface area contributed by atoms with Gasteiger partial charge in [-0.2, -0.15) is 5.10 Å². The number of hydrogen-bond acceptors (Lipinski definition) is 4. The molecule has 0 bridgehead atoms. The fourth-order valence-electron chi connectivity index (χ4n) is 2.93. The smallest absolute Gasteiger partial charge is 0.266 e. The van der Waals surface area contributed by atoms with Crippen molar-refractivity contribution in [1.82, 2.24) is 20.1 Å². The van der Waals surface area contributed by atoms with Gasteiger partial charge in [0.2, 0.25) is 0 Å². The Morgan fingerprint density at radius 2 is 1.83 bits per heavy atom. The van der Waals surface area contributed by atoms with Crippen molar-refractivity contribution in [3.05, 3.63) is 82.4 Å². The fraction of sp³-hybridized carbons (Fsp3) is 0.304. The number of pyridine rings is 1. The van der Waals surface area contributed by atoms with E-state index in [9.17, 15) is 9.59 Å².